The minimum absolute atomic E-state index is 0.187. The molecule has 6 heteroatoms. The highest BCUT2D eigenvalue weighted by molar-refractivity contribution is 5.88. The summed E-state index contributed by atoms with van der Waals surface area (Å²) in [6, 6.07) is 0.187. The highest BCUT2D eigenvalue weighted by atomic mass is 16.4. The molecule has 1 unspecified atom stereocenters. The summed E-state index contributed by atoms with van der Waals surface area (Å²) in [5.74, 6) is -0.854. The summed E-state index contributed by atoms with van der Waals surface area (Å²) in [6.07, 6.45) is 1.71. The number of fused-ring (bicyclic) bond motifs is 1. The normalized spacial score (nSPS) is 23.6. The molecule has 0 aromatic carbocycles. The summed E-state index contributed by atoms with van der Waals surface area (Å²) >= 11 is 0. The van der Waals surface area contributed by atoms with Gasteiger partial charge in [-0.2, -0.15) is 5.10 Å². The third kappa shape index (κ3) is 1.73. The fraction of sp³-hybridized carbons (Fsp3) is 0.636. The van der Waals surface area contributed by atoms with E-state index in [-0.39, 0.29) is 6.04 Å². The van der Waals surface area contributed by atoms with Gasteiger partial charge in [0.15, 0.2) is 0 Å². The smallest absolute Gasteiger partial charge is 0.354 e. The van der Waals surface area contributed by atoms with Crippen LogP contribution in [0, 0.1) is 0 Å². The van der Waals surface area contributed by atoms with Crippen molar-refractivity contribution in [2.45, 2.75) is 25.4 Å². The SMILES string of the molecule is O=C(O)c1c2c(nn1C1CCNC1)CNCC2. The van der Waals surface area contributed by atoms with E-state index in [0.717, 1.165) is 43.7 Å². The van der Waals surface area contributed by atoms with Gasteiger partial charge in [-0.1, -0.05) is 0 Å². The Kier molecular flexibility index (Phi) is 2.60. The standard InChI is InChI=1S/C11H16N4O2/c16-11(17)10-8-2-4-13-6-9(8)14-15(10)7-1-3-12-5-7/h7,12-13H,1-6H2,(H,16,17). The lowest BCUT2D eigenvalue weighted by atomic mass is 10.1. The van der Waals surface area contributed by atoms with Gasteiger partial charge in [0.25, 0.3) is 0 Å². The number of carboxylic acid groups (broad SMARTS) is 1. The van der Waals surface area contributed by atoms with Gasteiger partial charge in [-0.3, -0.25) is 4.68 Å². The molecular weight excluding hydrogens is 220 g/mol. The number of nitrogens with zero attached hydrogens (tertiary/aromatic N) is 2. The lowest BCUT2D eigenvalue weighted by molar-refractivity contribution is 0.0679. The van der Waals surface area contributed by atoms with Crippen LogP contribution in [0.1, 0.15) is 34.2 Å². The minimum atomic E-state index is -0.854. The first-order chi connectivity index (χ1) is 8.27. The molecular formula is C11H16N4O2. The quantitative estimate of drug-likeness (QED) is 0.660. The Morgan fingerprint density at radius 3 is 3.00 bits per heavy atom. The lowest BCUT2D eigenvalue weighted by Crippen LogP contribution is -2.24. The van der Waals surface area contributed by atoms with Gasteiger partial charge in [0.1, 0.15) is 5.69 Å². The van der Waals surface area contributed by atoms with Crippen molar-refractivity contribution in [2.24, 2.45) is 0 Å². The Balaban J connectivity index is 2.06. The minimum Gasteiger partial charge on any atom is -0.477 e. The van der Waals surface area contributed by atoms with Crippen molar-refractivity contribution in [3.63, 3.8) is 0 Å². The van der Waals surface area contributed by atoms with Gasteiger partial charge in [0.2, 0.25) is 0 Å². The highest BCUT2D eigenvalue weighted by Crippen LogP contribution is 2.24. The predicted octanol–water partition coefficient (Wildman–Crippen LogP) is -0.239. The van der Waals surface area contributed by atoms with Gasteiger partial charge in [0.05, 0.1) is 11.7 Å². The molecule has 0 spiro atoms. The van der Waals surface area contributed by atoms with Crippen LogP contribution in [-0.2, 0) is 13.0 Å². The third-order valence-corrected chi connectivity index (χ3v) is 3.52. The highest BCUT2D eigenvalue weighted by Gasteiger charge is 2.29. The van der Waals surface area contributed by atoms with Gasteiger partial charge >= 0.3 is 5.97 Å². The Labute approximate surface area is 99.0 Å². The van der Waals surface area contributed by atoms with Crippen molar-refractivity contribution in [2.75, 3.05) is 19.6 Å². The van der Waals surface area contributed by atoms with E-state index in [1.165, 1.54) is 0 Å². The van der Waals surface area contributed by atoms with Crippen LogP contribution in [-0.4, -0.2) is 40.5 Å². The molecule has 2 aliphatic heterocycles. The van der Waals surface area contributed by atoms with Crippen LogP contribution >= 0.6 is 0 Å². The van der Waals surface area contributed by atoms with E-state index in [2.05, 4.69) is 15.7 Å². The second-order valence-electron chi connectivity index (χ2n) is 4.60. The van der Waals surface area contributed by atoms with Crippen LogP contribution in [0.3, 0.4) is 0 Å². The van der Waals surface area contributed by atoms with E-state index < -0.39 is 5.97 Å². The molecule has 92 valence electrons. The maximum Gasteiger partial charge on any atom is 0.354 e. The van der Waals surface area contributed by atoms with Crippen molar-refractivity contribution in [1.82, 2.24) is 20.4 Å². The predicted molar refractivity (Wildman–Crippen MR) is 61.1 cm³/mol. The Bertz CT molecular complexity index is 449. The number of aromatic carboxylic acids is 1. The number of nitrogens with one attached hydrogen (secondary N) is 2. The van der Waals surface area contributed by atoms with Crippen molar-refractivity contribution in [3.8, 4) is 0 Å². The molecule has 1 saturated heterocycles. The largest absolute Gasteiger partial charge is 0.477 e. The maximum atomic E-state index is 11.4. The Morgan fingerprint density at radius 2 is 2.29 bits per heavy atom. The number of carbonyl (C=O) groups is 1. The van der Waals surface area contributed by atoms with Gasteiger partial charge in [-0.05, 0) is 25.9 Å². The van der Waals surface area contributed by atoms with E-state index >= 15 is 0 Å². The Hall–Kier alpha value is -1.40. The molecule has 0 bridgehead atoms. The summed E-state index contributed by atoms with van der Waals surface area (Å²) in [6.45, 7) is 3.27. The fourth-order valence-corrected chi connectivity index (χ4v) is 2.68. The van der Waals surface area contributed by atoms with Crippen LogP contribution in [0.2, 0.25) is 0 Å². The van der Waals surface area contributed by atoms with E-state index in [0.29, 0.717) is 12.2 Å². The monoisotopic (exact) mass is 236 g/mol. The van der Waals surface area contributed by atoms with Crippen LogP contribution < -0.4 is 10.6 Å². The van der Waals surface area contributed by atoms with Gasteiger partial charge in [-0.15, -0.1) is 0 Å². The van der Waals surface area contributed by atoms with Crippen molar-refractivity contribution < 1.29 is 9.90 Å². The molecule has 0 amide bonds. The molecule has 2 aliphatic rings. The van der Waals surface area contributed by atoms with Crippen molar-refractivity contribution >= 4 is 5.97 Å². The van der Waals surface area contributed by atoms with Gasteiger partial charge < -0.3 is 15.7 Å². The summed E-state index contributed by atoms with van der Waals surface area (Å²) in [4.78, 5) is 11.4. The van der Waals surface area contributed by atoms with E-state index in [4.69, 9.17) is 0 Å². The summed E-state index contributed by atoms with van der Waals surface area (Å²) in [7, 11) is 0. The molecule has 3 heterocycles. The third-order valence-electron chi connectivity index (χ3n) is 3.52. The zero-order valence-electron chi connectivity index (χ0n) is 9.57. The lowest BCUT2D eigenvalue weighted by Gasteiger charge is -2.12. The number of rotatable bonds is 2. The van der Waals surface area contributed by atoms with Gasteiger partial charge in [-0.25, -0.2) is 4.79 Å². The zero-order valence-corrected chi connectivity index (χ0v) is 9.57. The molecule has 1 atom stereocenters. The first kappa shape index (κ1) is 10.7. The summed E-state index contributed by atoms with van der Waals surface area (Å²) in [5.41, 5.74) is 2.22. The average Bonchev–Trinajstić information content (AvgIpc) is 2.95. The molecule has 0 radical (unpaired) electrons. The molecule has 3 N–H and O–H groups in total. The van der Waals surface area contributed by atoms with Crippen molar-refractivity contribution in [1.29, 1.82) is 0 Å². The molecule has 0 saturated carbocycles. The first-order valence-electron chi connectivity index (χ1n) is 6.02. The summed E-state index contributed by atoms with van der Waals surface area (Å²) < 4.78 is 1.72. The van der Waals surface area contributed by atoms with E-state index in [1.54, 1.807) is 4.68 Å². The Morgan fingerprint density at radius 1 is 1.41 bits per heavy atom. The van der Waals surface area contributed by atoms with Crippen LogP contribution in [0.15, 0.2) is 0 Å². The second-order valence-corrected chi connectivity index (χ2v) is 4.60. The second kappa shape index (κ2) is 4.12. The molecule has 3 rings (SSSR count). The first-order valence-corrected chi connectivity index (χ1v) is 6.02. The number of aromatic nitrogens is 2. The maximum absolute atomic E-state index is 11.4. The summed E-state index contributed by atoms with van der Waals surface area (Å²) in [5, 5.41) is 20.3. The molecule has 17 heavy (non-hydrogen) atoms. The van der Waals surface area contributed by atoms with Gasteiger partial charge in [0, 0.05) is 18.7 Å². The molecule has 1 aromatic rings. The number of carboxylic acids is 1. The molecule has 1 aromatic heterocycles. The molecule has 0 aliphatic carbocycles. The van der Waals surface area contributed by atoms with E-state index in [1.807, 2.05) is 0 Å². The van der Waals surface area contributed by atoms with Crippen LogP contribution in [0.4, 0.5) is 0 Å². The van der Waals surface area contributed by atoms with Crippen molar-refractivity contribution in [3.05, 3.63) is 17.0 Å². The van der Waals surface area contributed by atoms with Crippen LogP contribution in [0.25, 0.3) is 0 Å². The number of hydrogen-bond donors (Lipinski definition) is 3. The molecule has 6 nitrogen and oxygen atoms in total. The van der Waals surface area contributed by atoms with Crippen LogP contribution in [0.5, 0.6) is 0 Å². The molecule has 1 fully saturated rings. The average molecular weight is 236 g/mol. The topological polar surface area (TPSA) is 79.2 Å². The van der Waals surface area contributed by atoms with E-state index in [9.17, 15) is 9.90 Å². The number of hydrogen-bond acceptors (Lipinski definition) is 4. The fourth-order valence-electron chi connectivity index (χ4n) is 2.68. The zero-order chi connectivity index (χ0) is 11.8.